The van der Waals surface area contributed by atoms with Crippen molar-refractivity contribution in [3.8, 4) is 5.75 Å². The summed E-state index contributed by atoms with van der Waals surface area (Å²) in [5.74, 6) is 1.15. The van der Waals surface area contributed by atoms with Crippen molar-refractivity contribution < 1.29 is 22.3 Å². The van der Waals surface area contributed by atoms with Crippen molar-refractivity contribution in [3.63, 3.8) is 0 Å². The molecule has 2 rings (SSSR count). The molecule has 1 N–H and O–H groups in total. The molecule has 0 unspecified atom stereocenters. The van der Waals surface area contributed by atoms with E-state index in [4.69, 9.17) is 13.9 Å². The molecular formula is C14H17NO5S. The van der Waals surface area contributed by atoms with Gasteiger partial charge >= 0.3 is 0 Å². The second-order valence-electron chi connectivity index (χ2n) is 4.22. The molecule has 0 bridgehead atoms. The first-order chi connectivity index (χ1) is 10.1. The summed E-state index contributed by atoms with van der Waals surface area (Å²) in [6.07, 6.45) is 1.50. The fourth-order valence-electron chi connectivity index (χ4n) is 1.62. The zero-order valence-corrected chi connectivity index (χ0v) is 12.4. The second-order valence-corrected chi connectivity index (χ2v) is 5.98. The van der Waals surface area contributed by atoms with Crippen molar-refractivity contribution in [2.45, 2.75) is 11.4 Å². The molecule has 0 saturated heterocycles. The van der Waals surface area contributed by atoms with E-state index in [1.165, 1.54) is 18.4 Å². The highest BCUT2D eigenvalue weighted by molar-refractivity contribution is 7.89. The average molecular weight is 311 g/mol. The minimum atomic E-state index is -3.57. The lowest BCUT2D eigenvalue weighted by Crippen LogP contribution is -2.22. The maximum Gasteiger partial charge on any atom is 0.240 e. The van der Waals surface area contributed by atoms with Crippen molar-refractivity contribution >= 4 is 10.0 Å². The lowest BCUT2D eigenvalue weighted by molar-refractivity contribution is 0.146. The van der Waals surface area contributed by atoms with Gasteiger partial charge in [-0.05, 0) is 36.4 Å². The molecule has 0 amide bonds. The molecule has 1 aromatic carbocycles. The number of nitrogens with one attached hydrogen (secondary N) is 1. The van der Waals surface area contributed by atoms with Gasteiger partial charge in [-0.2, -0.15) is 0 Å². The zero-order valence-electron chi connectivity index (χ0n) is 11.6. The number of benzene rings is 1. The van der Waals surface area contributed by atoms with Crippen LogP contribution in [0.3, 0.4) is 0 Å². The van der Waals surface area contributed by atoms with E-state index in [1.807, 2.05) is 0 Å². The first-order valence-corrected chi connectivity index (χ1v) is 7.84. The van der Waals surface area contributed by atoms with E-state index in [-0.39, 0.29) is 11.4 Å². The van der Waals surface area contributed by atoms with E-state index in [2.05, 4.69) is 4.72 Å². The van der Waals surface area contributed by atoms with Gasteiger partial charge in [-0.15, -0.1) is 0 Å². The summed E-state index contributed by atoms with van der Waals surface area (Å²) in [7, 11) is -1.98. The van der Waals surface area contributed by atoms with Gasteiger partial charge in [0.05, 0.1) is 24.3 Å². The standard InChI is InChI=1S/C14H17NO5S/c1-18-9-10-20-12-4-6-14(7-5-12)21(16,17)15-11-13-3-2-8-19-13/h2-8,15H,9-11H2,1H3. The van der Waals surface area contributed by atoms with Crippen molar-refractivity contribution in [3.05, 3.63) is 48.4 Å². The first kappa shape index (κ1) is 15.6. The molecule has 7 heteroatoms. The van der Waals surface area contributed by atoms with Crippen LogP contribution in [-0.4, -0.2) is 28.7 Å². The lowest BCUT2D eigenvalue weighted by Gasteiger charge is -2.08. The summed E-state index contributed by atoms with van der Waals surface area (Å²) < 4.78 is 42.0. The Morgan fingerprint density at radius 3 is 2.52 bits per heavy atom. The number of methoxy groups -OCH3 is 1. The Kier molecular flexibility index (Phi) is 5.38. The van der Waals surface area contributed by atoms with E-state index < -0.39 is 10.0 Å². The highest BCUT2D eigenvalue weighted by Crippen LogP contribution is 2.16. The van der Waals surface area contributed by atoms with Crippen LogP contribution in [0, 0.1) is 0 Å². The third-order valence-corrected chi connectivity index (χ3v) is 4.12. The summed E-state index contributed by atoms with van der Waals surface area (Å²) in [5, 5.41) is 0. The number of hydrogen-bond donors (Lipinski definition) is 1. The second kappa shape index (κ2) is 7.26. The normalized spacial score (nSPS) is 11.5. The van der Waals surface area contributed by atoms with Crippen LogP contribution in [0.1, 0.15) is 5.76 Å². The molecule has 1 aromatic heterocycles. The van der Waals surface area contributed by atoms with Gasteiger partial charge in [0, 0.05) is 7.11 Å². The maximum atomic E-state index is 12.1. The monoisotopic (exact) mass is 311 g/mol. The summed E-state index contributed by atoms with van der Waals surface area (Å²) in [6, 6.07) is 9.61. The molecule has 0 spiro atoms. The Morgan fingerprint density at radius 2 is 1.90 bits per heavy atom. The highest BCUT2D eigenvalue weighted by Gasteiger charge is 2.14. The highest BCUT2D eigenvalue weighted by atomic mass is 32.2. The van der Waals surface area contributed by atoms with Gasteiger partial charge in [-0.1, -0.05) is 0 Å². The van der Waals surface area contributed by atoms with Gasteiger partial charge in [-0.3, -0.25) is 0 Å². The van der Waals surface area contributed by atoms with Gasteiger partial charge in [0.25, 0.3) is 0 Å². The summed E-state index contributed by atoms with van der Waals surface area (Å²) in [4.78, 5) is 0.174. The van der Waals surface area contributed by atoms with Gasteiger partial charge in [0.15, 0.2) is 0 Å². The molecule has 0 aliphatic carbocycles. The quantitative estimate of drug-likeness (QED) is 0.752. The Labute approximate surface area is 123 Å². The molecule has 21 heavy (non-hydrogen) atoms. The van der Waals surface area contributed by atoms with Crippen molar-refractivity contribution in [2.24, 2.45) is 0 Å². The number of hydrogen-bond acceptors (Lipinski definition) is 5. The topological polar surface area (TPSA) is 77.8 Å². The Balaban J connectivity index is 1.96. The minimum Gasteiger partial charge on any atom is -0.491 e. The molecule has 0 fully saturated rings. The van der Waals surface area contributed by atoms with Crippen LogP contribution >= 0.6 is 0 Å². The van der Waals surface area contributed by atoms with E-state index in [9.17, 15) is 8.42 Å². The van der Waals surface area contributed by atoms with Gasteiger partial charge in [-0.25, -0.2) is 13.1 Å². The summed E-state index contributed by atoms with van der Waals surface area (Å²) >= 11 is 0. The SMILES string of the molecule is COCCOc1ccc(S(=O)(=O)NCc2ccco2)cc1. The van der Waals surface area contributed by atoms with Crippen LogP contribution in [0.15, 0.2) is 52.0 Å². The van der Waals surface area contributed by atoms with Crippen LogP contribution < -0.4 is 9.46 Å². The molecule has 114 valence electrons. The Morgan fingerprint density at radius 1 is 1.14 bits per heavy atom. The average Bonchev–Trinajstić information content (AvgIpc) is 3.00. The smallest absolute Gasteiger partial charge is 0.240 e. The predicted octanol–water partition coefficient (Wildman–Crippen LogP) is 1.78. The summed E-state index contributed by atoms with van der Waals surface area (Å²) in [5.41, 5.74) is 0. The van der Waals surface area contributed by atoms with Gasteiger partial charge in [0.1, 0.15) is 18.1 Å². The molecule has 0 radical (unpaired) electrons. The molecule has 2 aromatic rings. The largest absolute Gasteiger partial charge is 0.491 e. The van der Waals surface area contributed by atoms with E-state index in [0.717, 1.165) is 0 Å². The van der Waals surface area contributed by atoms with Crippen molar-refractivity contribution in [1.29, 1.82) is 0 Å². The van der Waals surface area contributed by atoms with Crippen LogP contribution in [0.2, 0.25) is 0 Å². The van der Waals surface area contributed by atoms with E-state index in [1.54, 1.807) is 31.4 Å². The fourth-order valence-corrected chi connectivity index (χ4v) is 2.61. The molecule has 0 aliphatic rings. The van der Waals surface area contributed by atoms with Crippen LogP contribution in [0.25, 0.3) is 0 Å². The predicted molar refractivity (Wildman–Crippen MR) is 76.5 cm³/mol. The molecule has 0 saturated carbocycles. The zero-order chi connectivity index (χ0) is 15.1. The molecular weight excluding hydrogens is 294 g/mol. The van der Waals surface area contributed by atoms with Crippen LogP contribution in [0.4, 0.5) is 0 Å². The number of sulfonamides is 1. The van der Waals surface area contributed by atoms with Crippen molar-refractivity contribution in [2.75, 3.05) is 20.3 Å². The third-order valence-electron chi connectivity index (χ3n) is 2.71. The van der Waals surface area contributed by atoms with Crippen LogP contribution in [-0.2, 0) is 21.3 Å². The molecule has 6 nitrogen and oxygen atoms in total. The summed E-state index contributed by atoms with van der Waals surface area (Å²) in [6.45, 7) is 1.01. The first-order valence-electron chi connectivity index (χ1n) is 6.35. The van der Waals surface area contributed by atoms with Gasteiger partial charge < -0.3 is 13.9 Å². The maximum absolute atomic E-state index is 12.1. The number of rotatable bonds is 8. The van der Waals surface area contributed by atoms with E-state index in [0.29, 0.717) is 24.7 Å². The van der Waals surface area contributed by atoms with Gasteiger partial charge in [0.2, 0.25) is 10.0 Å². The number of furan rings is 1. The van der Waals surface area contributed by atoms with E-state index >= 15 is 0 Å². The van der Waals surface area contributed by atoms with Crippen LogP contribution in [0.5, 0.6) is 5.75 Å². The Bertz CT molecular complexity index is 635. The third kappa shape index (κ3) is 4.59. The molecule has 0 atom stereocenters. The molecule has 0 aliphatic heterocycles. The number of ether oxygens (including phenoxy) is 2. The minimum absolute atomic E-state index is 0.113. The fraction of sp³-hybridized carbons (Fsp3) is 0.286. The molecule has 1 heterocycles. The van der Waals surface area contributed by atoms with Crippen molar-refractivity contribution in [1.82, 2.24) is 4.72 Å². The lowest BCUT2D eigenvalue weighted by atomic mass is 10.3. The Hall–Kier alpha value is -1.83.